The summed E-state index contributed by atoms with van der Waals surface area (Å²) in [6.07, 6.45) is 1.40. The fourth-order valence-corrected chi connectivity index (χ4v) is 3.10. The van der Waals surface area contributed by atoms with Gasteiger partial charge in [0.1, 0.15) is 5.82 Å². The zero-order valence-electron chi connectivity index (χ0n) is 12.2. The number of hydrogen-bond acceptors (Lipinski definition) is 7. The maximum atomic E-state index is 13.2. The predicted molar refractivity (Wildman–Crippen MR) is 84.8 cm³/mol. The van der Waals surface area contributed by atoms with Crippen LogP contribution in [-0.4, -0.2) is 37.7 Å². The summed E-state index contributed by atoms with van der Waals surface area (Å²) in [5, 5.41) is 14.1. The Labute approximate surface area is 141 Å². The third-order valence-corrected chi connectivity index (χ3v) is 4.89. The number of nitrogens with one attached hydrogen (secondary N) is 2. The van der Waals surface area contributed by atoms with Gasteiger partial charge in [0.25, 0.3) is 0 Å². The minimum absolute atomic E-state index is 0.0720. The predicted octanol–water partition coefficient (Wildman–Crippen LogP) is 1.27. The molecule has 2 rings (SSSR count). The standard InChI is InChI=1S/C12H16BrFN4O4S/c1-2-16-23(20,21)6-5-15-12-8-17(22-18(12)19)9-3-4-11(14)10(13)7-9/h3-4,7-8,15-16,19H,2,5-6H2,1H3. The van der Waals surface area contributed by atoms with E-state index in [1.54, 1.807) is 6.92 Å². The third-order valence-electron chi connectivity index (χ3n) is 2.81. The van der Waals surface area contributed by atoms with Gasteiger partial charge in [0.2, 0.25) is 10.0 Å². The van der Waals surface area contributed by atoms with Crippen molar-refractivity contribution >= 4 is 31.6 Å². The molecular weight excluding hydrogens is 395 g/mol. The van der Waals surface area contributed by atoms with Crippen LogP contribution in [0.4, 0.5) is 10.1 Å². The average Bonchev–Trinajstić information content (AvgIpc) is 2.83. The van der Waals surface area contributed by atoms with Crippen LogP contribution in [0.15, 0.2) is 34.7 Å². The first-order valence-corrected chi connectivity index (χ1v) is 9.11. The van der Waals surface area contributed by atoms with Gasteiger partial charge in [-0.1, -0.05) is 12.2 Å². The van der Waals surface area contributed by atoms with E-state index in [-0.39, 0.29) is 22.6 Å². The molecule has 0 spiro atoms. The van der Waals surface area contributed by atoms with E-state index in [0.29, 0.717) is 17.5 Å². The molecule has 11 heteroatoms. The van der Waals surface area contributed by atoms with Crippen LogP contribution in [0.25, 0.3) is 0 Å². The highest BCUT2D eigenvalue weighted by Gasteiger charge is 2.23. The van der Waals surface area contributed by atoms with E-state index in [1.807, 2.05) is 0 Å². The van der Waals surface area contributed by atoms with E-state index in [1.165, 1.54) is 29.5 Å². The number of hydroxylamine groups is 3. The zero-order chi connectivity index (χ0) is 17.0. The van der Waals surface area contributed by atoms with Crippen molar-refractivity contribution in [3.63, 3.8) is 0 Å². The minimum atomic E-state index is -3.36. The lowest BCUT2D eigenvalue weighted by molar-refractivity contribution is -0.306. The van der Waals surface area contributed by atoms with E-state index < -0.39 is 15.8 Å². The summed E-state index contributed by atoms with van der Waals surface area (Å²) in [6.45, 7) is 2.07. The van der Waals surface area contributed by atoms with Gasteiger partial charge >= 0.3 is 0 Å². The Morgan fingerprint density at radius 1 is 1.43 bits per heavy atom. The van der Waals surface area contributed by atoms with Crippen molar-refractivity contribution in [3.8, 4) is 0 Å². The Bertz CT molecular complexity index is 700. The van der Waals surface area contributed by atoms with Crippen molar-refractivity contribution in [2.24, 2.45) is 0 Å². The van der Waals surface area contributed by atoms with Crippen LogP contribution in [-0.2, 0) is 15.0 Å². The molecule has 0 aromatic heterocycles. The maximum absolute atomic E-state index is 13.2. The summed E-state index contributed by atoms with van der Waals surface area (Å²) in [6, 6.07) is 4.17. The Morgan fingerprint density at radius 2 is 2.17 bits per heavy atom. The monoisotopic (exact) mass is 410 g/mol. The first-order valence-electron chi connectivity index (χ1n) is 6.67. The molecule has 0 amide bonds. The lowest BCUT2D eigenvalue weighted by Gasteiger charge is -2.16. The Kier molecular flexibility index (Phi) is 5.81. The smallest absolute Gasteiger partial charge is 0.213 e. The number of halogens is 2. The van der Waals surface area contributed by atoms with Gasteiger partial charge in [-0.15, -0.1) is 4.94 Å². The fraction of sp³-hybridized carbons (Fsp3) is 0.333. The number of hydrogen-bond donors (Lipinski definition) is 3. The van der Waals surface area contributed by atoms with E-state index in [4.69, 9.17) is 4.94 Å². The second-order valence-corrected chi connectivity index (χ2v) is 7.32. The van der Waals surface area contributed by atoms with Crippen molar-refractivity contribution < 1.29 is 23.0 Å². The van der Waals surface area contributed by atoms with E-state index in [9.17, 15) is 18.0 Å². The summed E-state index contributed by atoms with van der Waals surface area (Å²) in [4.78, 5) is 5.04. The van der Waals surface area contributed by atoms with E-state index >= 15 is 0 Å². The Balaban J connectivity index is 1.98. The quantitative estimate of drug-likeness (QED) is 0.622. The highest BCUT2D eigenvalue weighted by atomic mass is 79.9. The third kappa shape index (κ3) is 4.78. The lowest BCUT2D eigenvalue weighted by Crippen LogP contribution is -2.34. The van der Waals surface area contributed by atoms with E-state index in [0.717, 1.165) is 0 Å². The van der Waals surface area contributed by atoms with Crippen LogP contribution < -0.4 is 15.1 Å². The van der Waals surface area contributed by atoms with Crippen LogP contribution >= 0.6 is 15.9 Å². The van der Waals surface area contributed by atoms with Crippen molar-refractivity contribution in [1.29, 1.82) is 0 Å². The highest BCUT2D eigenvalue weighted by molar-refractivity contribution is 9.10. The molecule has 0 bridgehead atoms. The molecule has 3 N–H and O–H groups in total. The van der Waals surface area contributed by atoms with Gasteiger partial charge in [-0.25, -0.2) is 17.5 Å². The number of sulfonamides is 1. The van der Waals surface area contributed by atoms with Gasteiger partial charge in [0, 0.05) is 13.1 Å². The van der Waals surface area contributed by atoms with Gasteiger partial charge in [-0.3, -0.25) is 5.21 Å². The van der Waals surface area contributed by atoms with Crippen LogP contribution in [0, 0.1) is 5.82 Å². The molecule has 23 heavy (non-hydrogen) atoms. The van der Waals surface area contributed by atoms with Crippen LogP contribution in [0.1, 0.15) is 6.92 Å². The van der Waals surface area contributed by atoms with Crippen LogP contribution in [0.3, 0.4) is 0 Å². The van der Waals surface area contributed by atoms with Gasteiger partial charge in [-0.05, 0) is 34.1 Å². The normalized spacial score (nSPS) is 15.0. The summed E-state index contributed by atoms with van der Waals surface area (Å²) >= 11 is 3.06. The maximum Gasteiger partial charge on any atom is 0.213 e. The van der Waals surface area contributed by atoms with Crippen molar-refractivity contribution in [2.45, 2.75) is 6.92 Å². The first kappa shape index (κ1) is 17.9. The molecule has 0 fully saturated rings. The highest BCUT2D eigenvalue weighted by Crippen LogP contribution is 2.27. The number of nitrogens with zero attached hydrogens (tertiary/aromatic N) is 2. The molecule has 8 nitrogen and oxygen atoms in total. The van der Waals surface area contributed by atoms with Gasteiger partial charge in [-0.2, -0.15) is 5.06 Å². The zero-order valence-corrected chi connectivity index (χ0v) is 14.6. The molecule has 1 aliphatic rings. The minimum Gasteiger partial charge on any atom is -0.365 e. The van der Waals surface area contributed by atoms with Gasteiger partial charge in [0.15, 0.2) is 5.82 Å². The molecule has 0 radical (unpaired) electrons. The molecule has 0 saturated carbocycles. The Morgan fingerprint density at radius 3 is 2.83 bits per heavy atom. The van der Waals surface area contributed by atoms with Crippen LogP contribution in [0.2, 0.25) is 0 Å². The average molecular weight is 411 g/mol. The summed E-state index contributed by atoms with van der Waals surface area (Å²) in [5.41, 5.74) is 0.467. The SMILES string of the molecule is CCNS(=O)(=O)CCNC1=CN(c2ccc(F)c(Br)c2)ON1O. The van der Waals surface area contributed by atoms with E-state index in [2.05, 4.69) is 26.0 Å². The largest absolute Gasteiger partial charge is 0.365 e. The summed E-state index contributed by atoms with van der Waals surface area (Å²) < 4.78 is 38.9. The molecule has 0 atom stereocenters. The first-order chi connectivity index (χ1) is 10.8. The number of rotatable bonds is 7. The Hall–Kier alpha value is -1.40. The second-order valence-electron chi connectivity index (χ2n) is 4.54. The fourth-order valence-electron chi connectivity index (χ4n) is 1.77. The molecule has 1 aromatic carbocycles. The topological polar surface area (TPSA) is 94.1 Å². The van der Waals surface area contributed by atoms with Gasteiger partial charge < -0.3 is 5.32 Å². The molecule has 128 valence electrons. The number of benzene rings is 1. The molecule has 1 aliphatic heterocycles. The summed E-state index contributed by atoms with van der Waals surface area (Å²) in [7, 11) is -3.36. The summed E-state index contributed by atoms with van der Waals surface area (Å²) in [5.74, 6) is -0.435. The lowest BCUT2D eigenvalue weighted by atomic mass is 10.3. The molecule has 1 aromatic rings. The molecular formula is C12H16BrFN4O4S. The van der Waals surface area contributed by atoms with Crippen molar-refractivity contribution in [3.05, 3.63) is 40.5 Å². The molecule has 0 unspecified atom stereocenters. The van der Waals surface area contributed by atoms with Gasteiger partial charge in [0.05, 0.1) is 22.1 Å². The van der Waals surface area contributed by atoms with Crippen molar-refractivity contribution in [1.82, 2.24) is 15.3 Å². The van der Waals surface area contributed by atoms with Crippen molar-refractivity contribution in [2.75, 3.05) is 23.9 Å². The second kappa shape index (κ2) is 7.45. The molecule has 0 aliphatic carbocycles. The van der Waals surface area contributed by atoms with Crippen LogP contribution in [0.5, 0.6) is 0 Å². The molecule has 1 heterocycles. The molecule has 0 saturated heterocycles. The number of anilines is 1.